The van der Waals surface area contributed by atoms with Crippen molar-refractivity contribution in [2.45, 2.75) is 6.92 Å². The average Bonchev–Trinajstić information content (AvgIpc) is 2.29. The molecule has 0 unspecified atom stereocenters. The van der Waals surface area contributed by atoms with Crippen LogP contribution in [-0.4, -0.2) is 15.0 Å². The van der Waals surface area contributed by atoms with E-state index in [0.717, 1.165) is 27.5 Å². The van der Waals surface area contributed by atoms with Gasteiger partial charge in [-0.05, 0) is 19.1 Å². The van der Waals surface area contributed by atoms with Crippen LogP contribution < -0.4 is 0 Å². The molecule has 3 rings (SSSR count). The fourth-order valence-electron chi connectivity index (χ4n) is 1.78. The fraction of sp³-hybridized carbons (Fsp3) is 0.0833. The molecule has 3 nitrogen and oxygen atoms in total. The summed E-state index contributed by atoms with van der Waals surface area (Å²) in [6, 6.07) is 7.93. The number of hydrogen-bond donors (Lipinski definition) is 0. The summed E-state index contributed by atoms with van der Waals surface area (Å²) in [5.74, 6) is 0. The first kappa shape index (κ1) is 9.48. The number of fused-ring (bicyclic) bond motifs is 3. The highest BCUT2D eigenvalue weighted by atomic mass is 35.5. The Morgan fingerprint density at radius 1 is 1.00 bits per heavy atom. The lowest BCUT2D eigenvalue weighted by molar-refractivity contribution is 1.21. The highest BCUT2D eigenvalue weighted by molar-refractivity contribution is 6.34. The fourth-order valence-corrected chi connectivity index (χ4v) is 1.97. The Bertz CT molecular complexity index is 694. The lowest BCUT2D eigenvalue weighted by Crippen LogP contribution is -1.89. The third kappa shape index (κ3) is 1.32. The molecule has 0 saturated heterocycles. The van der Waals surface area contributed by atoms with Crippen LogP contribution in [0.15, 0.2) is 30.6 Å². The van der Waals surface area contributed by atoms with E-state index in [2.05, 4.69) is 15.0 Å². The SMILES string of the molecule is Cc1ccc2ccc3c(Cl)ncnc3c2n1. The lowest BCUT2D eigenvalue weighted by atomic mass is 10.1. The number of rotatable bonds is 0. The smallest absolute Gasteiger partial charge is 0.140 e. The summed E-state index contributed by atoms with van der Waals surface area (Å²) in [5, 5.41) is 2.37. The predicted octanol–water partition coefficient (Wildman–Crippen LogP) is 3.14. The number of aromatic nitrogens is 3. The van der Waals surface area contributed by atoms with Crippen LogP contribution in [0.3, 0.4) is 0 Å². The van der Waals surface area contributed by atoms with Gasteiger partial charge >= 0.3 is 0 Å². The molecule has 1 aromatic carbocycles. The van der Waals surface area contributed by atoms with Crippen LogP contribution >= 0.6 is 11.6 Å². The number of nitrogens with zero attached hydrogens (tertiary/aromatic N) is 3. The summed E-state index contributed by atoms with van der Waals surface area (Å²) < 4.78 is 0. The van der Waals surface area contributed by atoms with Gasteiger partial charge in [0.1, 0.15) is 17.0 Å². The Morgan fingerprint density at radius 3 is 2.69 bits per heavy atom. The predicted molar refractivity (Wildman–Crippen MR) is 64.6 cm³/mol. The Hall–Kier alpha value is -1.74. The van der Waals surface area contributed by atoms with Crippen molar-refractivity contribution in [2.75, 3.05) is 0 Å². The summed E-state index contributed by atoms with van der Waals surface area (Å²) in [5.41, 5.74) is 2.65. The molecule has 78 valence electrons. The van der Waals surface area contributed by atoms with Crippen LogP contribution in [0.1, 0.15) is 5.69 Å². The second kappa shape index (κ2) is 3.39. The van der Waals surface area contributed by atoms with Crippen molar-refractivity contribution >= 4 is 33.4 Å². The second-order valence-electron chi connectivity index (χ2n) is 3.65. The topological polar surface area (TPSA) is 38.7 Å². The van der Waals surface area contributed by atoms with E-state index in [1.165, 1.54) is 6.33 Å². The van der Waals surface area contributed by atoms with Gasteiger partial charge in [0.25, 0.3) is 0 Å². The first-order valence-electron chi connectivity index (χ1n) is 4.92. The van der Waals surface area contributed by atoms with Crippen LogP contribution in [0.2, 0.25) is 5.15 Å². The Morgan fingerprint density at radius 2 is 1.81 bits per heavy atom. The van der Waals surface area contributed by atoms with E-state index in [1.54, 1.807) is 0 Å². The Kier molecular flexibility index (Phi) is 2.01. The van der Waals surface area contributed by atoms with Crippen molar-refractivity contribution in [3.8, 4) is 0 Å². The zero-order valence-corrected chi connectivity index (χ0v) is 9.36. The number of benzene rings is 1. The van der Waals surface area contributed by atoms with Gasteiger partial charge in [-0.2, -0.15) is 0 Å². The molecular formula is C12H8ClN3. The van der Waals surface area contributed by atoms with Gasteiger partial charge in [-0.15, -0.1) is 0 Å². The molecule has 0 bridgehead atoms. The molecule has 16 heavy (non-hydrogen) atoms. The highest BCUT2D eigenvalue weighted by Gasteiger charge is 2.06. The third-order valence-corrected chi connectivity index (χ3v) is 2.86. The lowest BCUT2D eigenvalue weighted by Gasteiger charge is -2.03. The summed E-state index contributed by atoms with van der Waals surface area (Å²) in [6.07, 6.45) is 1.47. The second-order valence-corrected chi connectivity index (χ2v) is 4.01. The van der Waals surface area contributed by atoms with Gasteiger partial charge < -0.3 is 0 Å². The number of hydrogen-bond acceptors (Lipinski definition) is 3. The van der Waals surface area contributed by atoms with Crippen molar-refractivity contribution in [1.82, 2.24) is 15.0 Å². The number of aryl methyl sites for hydroxylation is 1. The maximum absolute atomic E-state index is 6.02. The highest BCUT2D eigenvalue weighted by Crippen LogP contribution is 2.25. The minimum atomic E-state index is 0.468. The normalized spacial score (nSPS) is 11.1. The molecule has 4 heteroatoms. The zero-order valence-electron chi connectivity index (χ0n) is 8.61. The van der Waals surface area contributed by atoms with E-state index in [9.17, 15) is 0 Å². The van der Waals surface area contributed by atoms with E-state index in [0.29, 0.717) is 5.15 Å². The maximum Gasteiger partial charge on any atom is 0.140 e. The van der Waals surface area contributed by atoms with E-state index in [-0.39, 0.29) is 0 Å². The van der Waals surface area contributed by atoms with Gasteiger partial charge in [-0.1, -0.05) is 23.7 Å². The molecule has 0 atom stereocenters. The molecule has 0 aliphatic rings. The van der Waals surface area contributed by atoms with E-state index >= 15 is 0 Å². The van der Waals surface area contributed by atoms with Crippen molar-refractivity contribution in [3.05, 3.63) is 41.4 Å². The van der Waals surface area contributed by atoms with Gasteiger partial charge in [-0.3, -0.25) is 4.98 Å². The Labute approximate surface area is 97.1 Å². The summed E-state index contributed by atoms with van der Waals surface area (Å²) in [4.78, 5) is 12.7. The van der Waals surface area contributed by atoms with Gasteiger partial charge in [0.05, 0.1) is 5.52 Å². The minimum Gasteiger partial charge on any atom is -0.251 e. The number of pyridine rings is 1. The molecule has 0 amide bonds. The van der Waals surface area contributed by atoms with Crippen LogP contribution in [-0.2, 0) is 0 Å². The molecule has 0 radical (unpaired) electrons. The van der Waals surface area contributed by atoms with Crippen molar-refractivity contribution in [3.63, 3.8) is 0 Å². The summed E-state index contributed by atoms with van der Waals surface area (Å²) in [6.45, 7) is 1.96. The van der Waals surface area contributed by atoms with E-state index in [4.69, 9.17) is 11.6 Å². The van der Waals surface area contributed by atoms with Crippen molar-refractivity contribution in [1.29, 1.82) is 0 Å². The van der Waals surface area contributed by atoms with Crippen molar-refractivity contribution in [2.24, 2.45) is 0 Å². The van der Waals surface area contributed by atoms with Gasteiger partial charge in [0.2, 0.25) is 0 Å². The molecule has 2 aromatic heterocycles. The molecule has 0 aliphatic carbocycles. The van der Waals surface area contributed by atoms with Gasteiger partial charge in [-0.25, -0.2) is 9.97 Å². The molecule has 0 N–H and O–H groups in total. The first-order chi connectivity index (χ1) is 7.75. The molecule has 2 heterocycles. The van der Waals surface area contributed by atoms with Crippen molar-refractivity contribution < 1.29 is 0 Å². The zero-order chi connectivity index (χ0) is 11.1. The van der Waals surface area contributed by atoms with Crippen LogP contribution in [0.25, 0.3) is 21.8 Å². The largest absolute Gasteiger partial charge is 0.251 e. The van der Waals surface area contributed by atoms with Crippen LogP contribution in [0.5, 0.6) is 0 Å². The number of halogens is 1. The van der Waals surface area contributed by atoms with Gasteiger partial charge in [0.15, 0.2) is 0 Å². The van der Waals surface area contributed by atoms with E-state index in [1.807, 2.05) is 31.2 Å². The van der Waals surface area contributed by atoms with Crippen LogP contribution in [0.4, 0.5) is 0 Å². The molecule has 3 aromatic rings. The minimum absolute atomic E-state index is 0.468. The quantitative estimate of drug-likeness (QED) is 0.439. The van der Waals surface area contributed by atoms with E-state index < -0.39 is 0 Å². The third-order valence-electron chi connectivity index (χ3n) is 2.55. The monoisotopic (exact) mass is 229 g/mol. The molecule has 0 aliphatic heterocycles. The standard InChI is InChI=1S/C12H8ClN3/c1-7-2-3-8-4-5-9-11(10(8)16-7)14-6-15-12(9)13/h2-6H,1H3. The molecule has 0 saturated carbocycles. The maximum atomic E-state index is 6.02. The van der Waals surface area contributed by atoms with Gasteiger partial charge in [0, 0.05) is 16.5 Å². The van der Waals surface area contributed by atoms with Crippen LogP contribution in [0, 0.1) is 6.92 Å². The average molecular weight is 230 g/mol. The molecular weight excluding hydrogens is 222 g/mol. The summed E-state index contributed by atoms with van der Waals surface area (Å²) >= 11 is 6.02. The molecule has 0 spiro atoms. The first-order valence-corrected chi connectivity index (χ1v) is 5.30. The molecule has 0 fully saturated rings. The Balaban J connectivity index is 2.58. The summed E-state index contributed by atoms with van der Waals surface area (Å²) in [7, 11) is 0.